The van der Waals surface area contributed by atoms with E-state index in [1.807, 2.05) is 0 Å². The molecule has 0 unspecified atom stereocenters. The van der Waals surface area contributed by atoms with E-state index in [0.717, 1.165) is 11.9 Å². The van der Waals surface area contributed by atoms with Gasteiger partial charge >= 0.3 is 0 Å². The number of nitrogens with zero attached hydrogens (tertiary/aromatic N) is 2. The number of carbonyl (C=O) groups excluding carboxylic acids is 1. The molecule has 0 bridgehead atoms. The van der Waals surface area contributed by atoms with Gasteiger partial charge < -0.3 is 25.4 Å². The number of halogens is 1. The van der Waals surface area contributed by atoms with E-state index in [-0.39, 0.29) is 17.7 Å². The first-order valence-corrected chi connectivity index (χ1v) is 10.5. The van der Waals surface area contributed by atoms with E-state index in [1.165, 1.54) is 0 Å². The number of thiol groups is 1. The number of hydrogen-bond donors (Lipinski definition) is 4. The van der Waals surface area contributed by atoms with Gasteiger partial charge in [-0.1, -0.05) is 6.07 Å². The third-order valence-electron chi connectivity index (χ3n) is 4.16. The molecule has 3 N–H and O–H groups in total. The summed E-state index contributed by atoms with van der Waals surface area (Å²) >= 11 is 4.05. The molecule has 0 aliphatic heterocycles. The summed E-state index contributed by atoms with van der Waals surface area (Å²) in [6.07, 6.45) is 1.38. The molecule has 3 rings (SSSR count). The van der Waals surface area contributed by atoms with E-state index < -0.39 is 5.82 Å². The highest BCUT2D eigenvalue weighted by molar-refractivity contribution is 7.80. The number of anilines is 5. The van der Waals surface area contributed by atoms with Crippen molar-refractivity contribution >= 4 is 47.4 Å². The van der Waals surface area contributed by atoms with Crippen LogP contribution in [0.5, 0.6) is 5.75 Å². The van der Waals surface area contributed by atoms with Crippen LogP contribution in [0.3, 0.4) is 0 Å². The topological polar surface area (TPSA) is 97.4 Å². The smallest absolute Gasteiger partial charge is 0.229 e. The minimum absolute atomic E-state index is 0.000791. The molecule has 2 aromatic carbocycles. The van der Waals surface area contributed by atoms with Gasteiger partial charge in [0.05, 0.1) is 12.8 Å². The summed E-state index contributed by atoms with van der Waals surface area (Å²) in [5.74, 6) is 0.626. The van der Waals surface area contributed by atoms with E-state index in [9.17, 15) is 9.18 Å². The van der Waals surface area contributed by atoms with Gasteiger partial charge in [0.2, 0.25) is 11.9 Å². The monoisotopic (exact) mass is 457 g/mol. The first kappa shape index (κ1) is 23.3. The molecule has 10 heteroatoms. The van der Waals surface area contributed by atoms with Crippen molar-refractivity contribution in [2.45, 2.75) is 6.42 Å². The Morgan fingerprint density at radius 3 is 2.59 bits per heavy atom. The SMILES string of the molecule is COCCOc1ccc(Nc2ncc(F)c(Nc3cccc(NC(=O)CCS)c3)n2)cc1. The van der Waals surface area contributed by atoms with Crippen LogP contribution in [-0.2, 0) is 9.53 Å². The molecule has 0 fully saturated rings. The molecule has 3 aromatic rings. The van der Waals surface area contributed by atoms with Crippen LogP contribution < -0.4 is 20.7 Å². The van der Waals surface area contributed by atoms with Gasteiger partial charge in [0.25, 0.3) is 0 Å². The molecular weight excluding hydrogens is 433 g/mol. The Morgan fingerprint density at radius 1 is 1.06 bits per heavy atom. The second-order valence-electron chi connectivity index (χ2n) is 6.61. The third kappa shape index (κ3) is 7.10. The number of carbonyl (C=O) groups is 1. The standard InChI is InChI=1S/C22H24FN5O3S/c1-30-10-11-31-18-7-5-15(6-8-18)27-22-24-14-19(23)21(28-22)26-17-4-2-3-16(13-17)25-20(29)9-12-32/h2-8,13-14,32H,9-12H2,1H3,(H,25,29)(H2,24,26,27,28). The minimum atomic E-state index is -0.609. The molecule has 8 nitrogen and oxygen atoms in total. The van der Waals surface area contributed by atoms with Crippen LogP contribution in [0.2, 0.25) is 0 Å². The van der Waals surface area contributed by atoms with Gasteiger partial charge in [-0.05, 0) is 48.2 Å². The fourth-order valence-electron chi connectivity index (χ4n) is 2.66. The number of benzene rings is 2. The number of rotatable bonds is 11. The lowest BCUT2D eigenvalue weighted by Gasteiger charge is -2.11. The largest absolute Gasteiger partial charge is 0.491 e. The van der Waals surface area contributed by atoms with Crippen LogP contribution in [0, 0.1) is 5.82 Å². The molecule has 1 aromatic heterocycles. The fraction of sp³-hybridized carbons (Fsp3) is 0.227. The molecule has 1 heterocycles. The van der Waals surface area contributed by atoms with Crippen molar-refractivity contribution in [3.8, 4) is 5.75 Å². The second-order valence-corrected chi connectivity index (χ2v) is 7.06. The Bertz CT molecular complexity index is 1040. The van der Waals surface area contributed by atoms with E-state index >= 15 is 0 Å². The maximum atomic E-state index is 14.3. The predicted octanol–water partition coefficient (Wildman–Crippen LogP) is 4.39. The van der Waals surface area contributed by atoms with Crippen LogP contribution in [-0.4, -0.2) is 42.0 Å². The first-order chi connectivity index (χ1) is 15.6. The highest BCUT2D eigenvalue weighted by Gasteiger charge is 2.09. The molecule has 0 radical (unpaired) electrons. The lowest BCUT2D eigenvalue weighted by atomic mass is 10.2. The summed E-state index contributed by atoms with van der Waals surface area (Å²) in [6, 6.07) is 14.1. The van der Waals surface area contributed by atoms with Gasteiger partial charge in [-0.15, -0.1) is 0 Å². The number of amides is 1. The van der Waals surface area contributed by atoms with E-state index in [0.29, 0.717) is 42.5 Å². The maximum absolute atomic E-state index is 14.3. The van der Waals surface area contributed by atoms with Gasteiger partial charge in [0, 0.05) is 30.6 Å². The quantitative estimate of drug-likeness (QED) is 0.250. The molecular formula is C22H24FN5O3S. The first-order valence-electron chi connectivity index (χ1n) is 9.86. The molecule has 0 aliphatic carbocycles. The van der Waals surface area contributed by atoms with Crippen LogP contribution in [0.25, 0.3) is 0 Å². The summed E-state index contributed by atoms with van der Waals surface area (Å²) in [7, 11) is 1.61. The van der Waals surface area contributed by atoms with Crippen molar-refractivity contribution in [1.82, 2.24) is 9.97 Å². The van der Waals surface area contributed by atoms with Crippen molar-refractivity contribution in [3.05, 3.63) is 60.5 Å². The van der Waals surface area contributed by atoms with Gasteiger partial charge in [-0.25, -0.2) is 9.37 Å². The zero-order valence-corrected chi connectivity index (χ0v) is 18.4. The molecule has 32 heavy (non-hydrogen) atoms. The maximum Gasteiger partial charge on any atom is 0.229 e. The van der Waals surface area contributed by atoms with Crippen molar-refractivity contribution in [2.75, 3.05) is 42.0 Å². The Labute approximate surface area is 191 Å². The Hall–Kier alpha value is -3.37. The second kappa shape index (κ2) is 11.9. The Balaban J connectivity index is 1.66. The van der Waals surface area contributed by atoms with Gasteiger partial charge in [0.15, 0.2) is 11.6 Å². The molecule has 1 amide bonds. The van der Waals surface area contributed by atoms with Crippen LogP contribution >= 0.6 is 12.6 Å². The summed E-state index contributed by atoms with van der Waals surface area (Å²) in [4.78, 5) is 20.0. The summed E-state index contributed by atoms with van der Waals surface area (Å²) in [5, 5.41) is 8.71. The third-order valence-corrected chi connectivity index (χ3v) is 4.38. The summed E-state index contributed by atoms with van der Waals surface area (Å²) in [5.41, 5.74) is 1.87. The number of nitrogens with one attached hydrogen (secondary N) is 3. The average Bonchev–Trinajstić information content (AvgIpc) is 2.78. The Morgan fingerprint density at radius 2 is 1.84 bits per heavy atom. The summed E-state index contributed by atoms with van der Waals surface area (Å²) < 4.78 is 24.8. The lowest BCUT2D eigenvalue weighted by molar-refractivity contribution is -0.115. The lowest BCUT2D eigenvalue weighted by Crippen LogP contribution is -2.11. The highest BCUT2D eigenvalue weighted by atomic mass is 32.1. The van der Waals surface area contributed by atoms with E-state index in [1.54, 1.807) is 55.6 Å². The normalized spacial score (nSPS) is 10.5. The molecule has 0 saturated heterocycles. The Kier molecular flexibility index (Phi) is 8.64. The molecule has 0 atom stereocenters. The highest BCUT2D eigenvalue weighted by Crippen LogP contribution is 2.23. The predicted molar refractivity (Wildman–Crippen MR) is 126 cm³/mol. The molecule has 0 spiro atoms. The van der Waals surface area contributed by atoms with Crippen LogP contribution in [0.15, 0.2) is 54.7 Å². The van der Waals surface area contributed by atoms with Crippen molar-refractivity contribution in [2.24, 2.45) is 0 Å². The summed E-state index contributed by atoms with van der Waals surface area (Å²) in [6.45, 7) is 0.962. The van der Waals surface area contributed by atoms with Gasteiger partial charge in [-0.2, -0.15) is 17.6 Å². The molecule has 0 aliphatic rings. The van der Waals surface area contributed by atoms with Gasteiger partial charge in [0.1, 0.15) is 12.4 Å². The number of aromatic nitrogens is 2. The number of ether oxygens (including phenoxy) is 2. The van der Waals surface area contributed by atoms with Crippen molar-refractivity contribution in [1.29, 1.82) is 0 Å². The van der Waals surface area contributed by atoms with E-state index in [2.05, 4.69) is 38.5 Å². The number of hydrogen-bond acceptors (Lipinski definition) is 8. The van der Waals surface area contributed by atoms with Crippen molar-refractivity contribution < 1.29 is 18.7 Å². The van der Waals surface area contributed by atoms with Crippen LogP contribution in [0.1, 0.15) is 6.42 Å². The number of methoxy groups -OCH3 is 1. The van der Waals surface area contributed by atoms with E-state index in [4.69, 9.17) is 9.47 Å². The van der Waals surface area contributed by atoms with Gasteiger partial charge in [-0.3, -0.25) is 4.79 Å². The van der Waals surface area contributed by atoms with Crippen molar-refractivity contribution in [3.63, 3.8) is 0 Å². The average molecular weight is 458 g/mol. The molecule has 168 valence electrons. The molecule has 0 saturated carbocycles. The fourth-order valence-corrected chi connectivity index (χ4v) is 2.86. The zero-order chi connectivity index (χ0) is 22.8. The zero-order valence-electron chi connectivity index (χ0n) is 17.5. The van der Waals surface area contributed by atoms with Crippen LogP contribution in [0.4, 0.5) is 33.2 Å². The minimum Gasteiger partial charge on any atom is -0.491 e.